The molecule has 24 heavy (non-hydrogen) atoms. The number of carbonyl (C=O) groups excluding carboxylic acids is 2. The minimum absolute atomic E-state index is 0.0364. The van der Waals surface area contributed by atoms with E-state index in [-0.39, 0.29) is 23.3 Å². The number of carbonyl (C=O) groups is 2. The van der Waals surface area contributed by atoms with Crippen LogP contribution in [0.4, 0.5) is 4.39 Å². The lowest BCUT2D eigenvalue weighted by atomic mass is 9.89. The first-order valence-corrected chi connectivity index (χ1v) is 8.77. The summed E-state index contributed by atoms with van der Waals surface area (Å²) in [5.74, 6) is -0.846. The Bertz CT molecular complexity index is 598. The molecule has 0 spiro atoms. The summed E-state index contributed by atoms with van der Waals surface area (Å²) in [7, 11) is 1.24. The Morgan fingerprint density at radius 1 is 1.21 bits per heavy atom. The third-order valence-electron chi connectivity index (χ3n) is 4.53. The molecule has 0 radical (unpaired) electrons. The molecule has 3 rings (SSSR count). The van der Waals surface area contributed by atoms with Gasteiger partial charge in [0, 0.05) is 24.9 Å². The smallest absolute Gasteiger partial charge is 0.340 e. The van der Waals surface area contributed by atoms with Crippen LogP contribution in [0.2, 0.25) is 0 Å². The molecule has 0 N–H and O–H groups in total. The van der Waals surface area contributed by atoms with Gasteiger partial charge in [0.05, 0.1) is 12.7 Å². The van der Waals surface area contributed by atoms with Crippen molar-refractivity contribution < 1.29 is 18.7 Å². The summed E-state index contributed by atoms with van der Waals surface area (Å²) in [5.41, 5.74) is 0.474. The number of rotatable bonds is 3. The summed E-state index contributed by atoms with van der Waals surface area (Å²) in [6.07, 6.45) is 3.65. The molecule has 0 aromatic heterocycles. The number of hydrogen-bond acceptors (Lipinski definition) is 3. The van der Waals surface area contributed by atoms with Gasteiger partial charge >= 0.3 is 5.97 Å². The first-order chi connectivity index (χ1) is 11.6. The number of methoxy groups -OCH3 is 1. The molecule has 1 aliphatic heterocycles. The van der Waals surface area contributed by atoms with Gasteiger partial charge < -0.3 is 9.64 Å². The summed E-state index contributed by atoms with van der Waals surface area (Å²) in [5, 5.41) is 0. The van der Waals surface area contributed by atoms with Crippen LogP contribution in [0.15, 0.2) is 18.2 Å². The molecule has 1 amide bonds. The molecule has 1 aliphatic carbocycles. The van der Waals surface area contributed by atoms with Gasteiger partial charge in [-0.2, -0.15) is 0 Å². The lowest BCUT2D eigenvalue weighted by Gasteiger charge is -2.33. The number of nitrogens with zero attached hydrogens (tertiary/aromatic N) is 1. The Morgan fingerprint density at radius 3 is 2.54 bits per heavy atom. The van der Waals surface area contributed by atoms with Crippen molar-refractivity contribution in [3.05, 3.63) is 35.1 Å². The minimum atomic E-state index is -0.666. The Kier molecular flexibility index (Phi) is 6.35. The molecule has 5 heteroatoms. The first-order valence-electron chi connectivity index (χ1n) is 8.77. The van der Waals surface area contributed by atoms with E-state index in [1.807, 2.05) is 18.7 Å². The maximum absolute atomic E-state index is 14.6. The Balaban J connectivity index is 0.00000100. The number of benzene rings is 1. The second kappa shape index (κ2) is 8.27. The molecule has 2 fully saturated rings. The van der Waals surface area contributed by atoms with Crippen LogP contribution < -0.4 is 0 Å². The highest BCUT2D eigenvalue weighted by atomic mass is 19.1. The van der Waals surface area contributed by atoms with Crippen molar-refractivity contribution in [1.29, 1.82) is 0 Å². The van der Waals surface area contributed by atoms with Crippen LogP contribution in [-0.2, 0) is 9.53 Å². The van der Waals surface area contributed by atoms with E-state index in [9.17, 15) is 14.0 Å². The van der Waals surface area contributed by atoms with Crippen molar-refractivity contribution >= 4 is 11.9 Å². The van der Waals surface area contributed by atoms with E-state index in [1.54, 1.807) is 12.1 Å². The van der Waals surface area contributed by atoms with Crippen LogP contribution in [0.3, 0.4) is 0 Å². The number of esters is 1. The maximum atomic E-state index is 14.6. The third kappa shape index (κ3) is 3.94. The van der Waals surface area contributed by atoms with E-state index in [0.29, 0.717) is 12.1 Å². The quantitative estimate of drug-likeness (QED) is 0.790. The van der Waals surface area contributed by atoms with Gasteiger partial charge in [0.25, 0.3) is 0 Å². The zero-order chi connectivity index (χ0) is 17.7. The van der Waals surface area contributed by atoms with Gasteiger partial charge in [-0.05, 0) is 37.3 Å². The van der Waals surface area contributed by atoms with Crippen molar-refractivity contribution in [3.8, 4) is 0 Å². The van der Waals surface area contributed by atoms with Crippen molar-refractivity contribution in [2.45, 2.75) is 45.4 Å². The molecule has 1 saturated carbocycles. The molecule has 1 aromatic carbocycles. The number of halogens is 1. The Labute approximate surface area is 143 Å². The first kappa shape index (κ1) is 18.4. The second-order valence-corrected chi connectivity index (χ2v) is 6.10. The van der Waals surface area contributed by atoms with Crippen molar-refractivity contribution in [2.24, 2.45) is 5.92 Å². The van der Waals surface area contributed by atoms with Gasteiger partial charge in [0.1, 0.15) is 5.82 Å². The molecule has 4 nitrogen and oxygen atoms in total. The van der Waals surface area contributed by atoms with Gasteiger partial charge in [0.15, 0.2) is 0 Å². The van der Waals surface area contributed by atoms with Crippen LogP contribution >= 0.6 is 0 Å². The average Bonchev–Trinajstić information content (AvgIpc) is 3.47. The molecular formula is C19H26FNO3. The van der Waals surface area contributed by atoms with Gasteiger partial charge in [-0.25, -0.2) is 9.18 Å². The highest BCUT2D eigenvalue weighted by molar-refractivity contribution is 5.89. The van der Waals surface area contributed by atoms with Gasteiger partial charge in [0.2, 0.25) is 5.91 Å². The largest absolute Gasteiger partial charge is 0.465 e. The van der Waals surface area contributed by atoms with Crippen LogP contribution in [-0.4, -0.2) is 37.0 Å². The molecule has 1 heterocycles. The lowest BCUT2D eigenvalue weighted by molar-refractivity contribution is -0.133. The number of piperidine rings is 1. The van der Waals surface area contributed by atoms with Crippen molar-refractivity contribution in [1.82, 2.24) is 4.90 Å². The summed E-state index contributed by atoms with van der Waals surface area (Å²) >= 11 is 0. The topological polar surface area (TPSA) is 46.6 Å². The molecule has 132 valence electrons. The van der Waals surface area contributed by atoms with Gasteiger partial charge in [-0.3, -0.25) is 4.79 Å². The SMILES string of the molecule is CC.COC(=O)c1cccc(C2CCCN(C(=O)C3CC3)C2)c1F. The second-order valence-electron chi connectivity index (χ2n) is 6.10. The fraction of sp³-hybridized carbons (Fsp3) is 0.579. The zero-order valence-corrected chi connectivity index (χ0v) is 14.7. The predicted octanol–water partition coefficient (Wildman–Crippen LogP) is 3.75. The van der Waals surface area contributed by atoms with E-state index >= 15 is 0 Å². The molecule has 1 atom stereocenters. The monoisotopic (exact) mass is 335 g/mol. The van der Waals surface area contributed by atoms with E-state index in [4.69, 9.17) is 0 Å². The number of amides is 1. The average molecular weight is 335 g/mol. The van der Waals surface area contributed by atoms with E-state index < -0.39 is 11.8 Å². The lowest BCUT2D eigenvalue weighted by Crippen LogP contribution is -2.40. The van der Waals surface area contributed by atoms with Crippen molar-refractivity contribution in [3.63, 3.8) is 0 Å². The van der Waals surface area contributed by atoms with E-state index in [0.717, 1.165) is 32.2 Å². The fourth-order valence-electron chi connectivity index (χ4n) is 3.15. The van der Waals surface area contributed by atoms with Gasteiger partial charge in [-0.15, -0.1) is 0 Å². The van der Waals surface area contributed by atoms with Crippen molar-refractivity contribution in [2.75, 3.05) is 20.2 Å². The van der Waals surface area contributed by atoms with Crippen LogP contribution in [0.5, 0.6) is 0 Å². The zero-order valence-electron chi connectivity index (χ0n) is 14.7. The normalized spacial score (nSPS) is 20.0. The fourth-order valence-corrected chi connectivity index (χ4v) is 3.15. The molecule has 2 aliphatic rings. The Morgan fingerprint density at radius 2 is 1.92 bits per heavy atom. The number of likely N-dealkylation sites (tertiary alicyclic amines) is 1. The summed E-state index contributed by atoms with van der Waals surface area (Å²) in [4.78, 5) is 25.7. The molecule has 1 saturated heterocycles. The van der Waals surface area contributed by atoms with E-state index in [2.05, 4.69) is 4.74 Å². The standard InChI is InChI=1S/C17H20FNO3.C2H6/c1-22-17(21)14-6-2-5-13(15(14)18)12-4-3-9-19(10-12)16(20)11-7-8-11;1-2/h2,5-6,11-12H,3-4,7-10H2,1H3;1-2H3. The van der Waals surface area contributed by atoms with E-state index in [1.165, 1.54) is 13.2 Å². The Hall–Kier alpha value is -1.91. The number of ether oxygens (including phenoxy) is 1. The van der Waals surface area contributed by atoms with Crippen LogP contribution in [0.25, 0.3) is 0 Å². The highest BCUT2D eigenvalue weighted by Crippen LogP contribution is 2.35. The molecule has 1 aromatic rings. The maximum Gasteiger partial charge on any atom is 0.340 e. The summed E-state index contributed by atoms with van der Waals surface area (Å²) in [6, 6.07) is 4.81. The minimum Gasteiger partial charge on any atom is -0.465 e. The third-order valence-corrected chi connectivity index (χ3v) is 4.53. The summed E-state index contributed by atoms with van der Waals surface area (Å²) in [6.45, 7) is 5.29. The summed E-state index contributed by atoms with van der Waals surface area (Å²) < 4.78 is 19.2. The molecular weight excluding hydrogens is 309 g/mol. The molecule has 1 unspecified atom stereocenters. The number of hydrogen-bond donors (Lipinski definition) is 0. The molecule has 0 bridgehead atoms. The van der Waals surface area contributed by atoms with Crippen LogP contribution in [0.1, 0.15) is 61.4 Å². The van der Waals surface area contributed by atoms with Gasteiger partial charge in [-0.1, -0.05) is 26.0 Å². The predicted molar refractivity (Wildman–Crippen MR) is 90.4 cm³/mol. The van der Waals surface area contributed by atoms with Crippen LogP contribution in [0, 0.1) is 11.7 Å². The highest BCUT2D eigenvalue weighted by Gasteiger charge is 2.36.